The van der Waals surface area contributed by atoms with Crippen LogP contribution in [0.25, 0.3) is 5.69 Å². The summed E-state index contributed by atoms with van der Waals surface area (Å²) in [5, 5.41) is 3.19. The number of hydrogen-bond acceptors (Lipinski definition) is 6. The SMILES string of the molecule is CSc1ccc(Nc2nc(=O)cc(N)n2-c2ccc(SC)cc2)cc1. The highest BCUT2D eigenvalue weighted by atomic mass is 32.2. The van der Waals surface area contributed by atoms with Gasteiger partial charge in [0.25, 0.3) is 5.56 Å². The fourth-order valence-corrected chi connectivity index (χ4v) is 3.21. The van der Waals surface area contributed by atoms with Crippen LogP contribution in [0.15, 0.2) is 69.2 Å². The second kappa shape index (κ2) is 7.67. The molecule has 1 heterocycles. The van der Waals surface area contributed by atoms with Gasteiger partial charge in [-0.05, 0) is 61.0 Å². The van der Waals surface area contributed by atoms with Crippen molar-refractivity contribution in [3.8, 4) is 5.69 Å². The number of nitrogen functional groups attached to an aromatic ring is 1. The van der Waals surface area contributed by atoms with Gasteiger partial charge in [-0.3, -0.25) is 9.36 Å². The summed E-state index contributed by atoms with van der Waals surface area (Å²) >= 11 is 3.34. The first-order chi connectivity index (χ1) is 12.1. The smallest absolute Gasteiger partial charge is 0.276 e. The second-order valence-electron chi connectivity index (χ2n) is 5.23. The van der Waals surface area contributed by atoms with Crippen LogP contribution < -0.4 is 16.6 Å². The molecule has 7 heteroatoms. The fourth-order valence-electron chi connectivity index (χ4n) is 2.39. The quantitative estimate of drug-likeness (QED) is 0.661. The van der Waals surface area contributed by atoms with Gasteiger partial charge in [0.1, 0.15) is 5.82 Å². The van der Waals surface area contributed by atoms with E-state index in [1.54, 1.807) is 28.1 Å². The summed E-state index contributed by atoms with van der Waals surface area (Å²) in [4.78, 5) is 18.2. The van der Waals surface area contributed by atoms with Crippen LogP contribution in [0.5, 0.6) is 0 Å². The van der Waals surface area contributed by atoms with Crippen molar-refractivity contribution < 1.29 is 0 Å². The molecule has 0 amide bonds. The number of benzene rings is 2. The van der Waals surface area contributed by atoms with Crippen molar-refractivity contribution in [1.29, 1.82) is 0 Å². The summed E-state index contributed by atoms with van der Waals surface area (Å²) < 4.78 is 1.73. The Morgan fingerprint density at radius 1 is 0.960 bits per heavy atom. The molecule has 0 aliphatic heterocycles. The summed E-state index contributed by atoms with van der Waals surface area (Å²) in [5.41, 5.74) is 7.40. The van der Waals surface area contributed by atoms with E-state index in [2.05, 4.69) is 10.3 Å². The average molecular weight is 371 g/mol. The summed E-state index contributed by atoms with van der Waals surface area (Å²) in [6, 6.07) is 17.2. The normalized spacial score (nSPS) is 10.6. The fraction of sp³-hybridized carbons (Fsp3) is 0.111. The molecule has 2 aromatic carbocycles. The molecular weight excluding hydrogens is 352 g/mol. The number of nitrogens with two attached hydrogens (primary N) is 1. The van der Waals surface area contributed by atoms with E-state index >= 15 is 0 Å². The standard InChI is InChI=1S/C18H18N4OS2/c1-24-14-7-3-12(4-8-14)20-18-21-17(23)11-16(19)22(18)13-5-9-15(25-2)10-6-13/h3-11H,19H2,1-2H3,(H,20,21,23). The third-order valence-corrected chi connectivity index (χ3v) is 5.12. The van der Waals surface area contributed by atoms with Crippen molar-refractivity contribution in [2.24, 2.45) is 0 Å². The van der Waals surface area contributed by atoms with Gasteiger partial charge in [0.15, 0.2) is 0 Å². The van der Waals surface area contributed by atoms with Crippen LogP contribution in [-0.4, -0.2) is 22.1 Å². The van der Waals surface area contributed by atoms with Crippen molar-refractivity contribution >= 4 is 41.0 Å². The average Bonchev–Trinajstić information content (AvgIpc) is 2.62. The molecule has 128 valence electrons. The van der Waals surface area contributed by atoms with Crippen LogP contribution in [0.2, 0.25) is 0 Å². The van der Waals surface area contributed by atoms with E-state index in [4.69, 9.17) is 5.73 Å². The predicted octanol–water partition coefficient (Wildman–Crippen LogP) is 4.00. The highest BCUT2D eigenvalue weighted by Gasteiger charge is 2.10. The molecule has 25 heavy (non-hydrogen) atoms. The lowest BCUT2D eigenvalue weighted by Crippen LogP contribution is -2.18. The first-order valence-electron chi connectivity index (χ1n) is 7.56. The summed E-state index contributed by atoms with van der Waals surface area (Å²) in [6.07, 6.45) is 4.05. The Bertz CT molecular complexity index is 921. The van der Waals surface area contributed by atoms with Gasteiger partial charge in [-0.25, -0.2) is 0 Å². The van der Waals surface area contributed by atoms with Crippen molar-refractivity contribution in [2.45, 2.75) is 9.79 Å². The number of nitrogens with one attached hydrogen (secondary N) is 1. The zero-order valence-corrected chi connectivity index (χ0v) is 15.5. The molecule has 3 rings (SSSR count). The molecule has 1 aromatic heterocycles. The molecule has 0 spiro atoms. The molecule has 0 fully saturated rings. The number of aromatic nitrogens is 2. The van der Waals surface area contributed by atoms with Crippen LogP contribution in [-0.2, 0) is 0 Å². The van der Waals surface area contributed by atoms with E-state index in [0.717, 1.165) is 21.2 Å². The maximum atomic E-state index is 11.8. The molecule has 0 saturated carbocycles. The first kappa shape index (κ1) is 17.4. The van der Waals surface area contributed by atoms with Gasteiger partial charge in [-0.1, -0.05) is 0 Å². The molecule has 0 atom stereocenters. The molecule has 0 aliphatic carbocycles. The van der Waals surface area contributed by atoms with E-state index in [9.17, 15) is 4.79 Å². The first-order valence-corrected chi connectivity index (χ1v) is 10.0. The molecule has 3 aromatic rings. The summed E-state index contributed by atoms with van der Waals surface area (Å²) in [5.74, 6) is 0.721. The van der Waals surface area contributed by atoms with Crippen molar-refractivity contribution in [3.05, 3.63) is 65.0 Å². The number of nitrogens with zero attached hydrogens (tertiary/aromatic N) is 2. The topological polar surface area (TPSA) is 72.9 Å². The molecule has 0 bridgehead atoms. The van der Waals surface area contributed by atoms with Gasteiger partial charge in [-0.15, -0.1) is 23.5 Å². The van der Waals surface area contributed by atoms with Gasteiger partial charge in [0.2, 0.25) is 5.95 Å². The van der Waals surface area contributed by atoms with E-state index in [0.29, 0.717) is 11.8 Å². The van der Waals surface area contributed by atoms with Crippen molar-refractivity contribution in [1.82, 2.24) is 9.55 Å². The number of anilines is 3. The zero-order chi connectivity index (χ0) is 17.8. The molecule has 0 aliphatic rings. The van der Waals surface area contributed by atoms with E-state index in [1.165, 1.54) is 6.07 Å². The van der Waals surface area contributed by atoms with E-state index in [1.807, 2.05) is 61.0 Å². The zero-order valence-electron chi connectivity index (χ0n) is 13.9. The lowest BCUT2D eigenvalue weighted by Gasteiger charge is -2.16. The molecule has 3 N–H and O–H groups in total. The van der Waals surface area contributed by atoms with Gasteiger partial charge in [0, 0.05) is 21.5 Å². The van der Waals surface area contributed by atoms with Gasteiger partial charge in [-0.2, -0.15) is 4.98 Å². The number of rotatable bonds is 5. The Morgan fingerprint density at radius 3 is 2.08 bits per heavy atom. The Hall–Kier alpha value is -2.38. The summed E-state index contributed by atoms with van der Waals surface area (Å²) in [6.45, 7) is 0. The van der Waals surface area contributed by atoms with Crippen LogP contribution in [0.3, 0.4) is 0 Å². The van der Waals surface area contributed by atoms with Crippen molar-refractivity contribution in [2.75, 3.05) is 23.6 Å². The predicted molar refractivity (Wildman–Crippen MR) is 108 cm³/mol. The van der Waals surface area contributed by atoms with Crippen LogP contribution >= 0.6 is 23.5 Å². The maximum absolute atomic E-state index is 11.8. The molecule has 5 nitrogen and oxygen atoms in total. The van der Waals surface area contributed by atoms with E-state index in [-0.39, 0.29) is 5.56 Å². The molecule has 0 radical (unpaired) electrons. The van der Waals surface area contributed by atoms with Crippen LogP contribution in [0, 0.1) is 0 Å². The van der Waals surface area contributed by atoms with Crippen LogP contribution in [0.4, 0.5) is 17.5 Å². The lowest BCUT2D eigenvalue weighted by molar-refractivity contribution is 0.985. The minimum absolute atomic E-state index is 0.333. The summed E-state index contributed by atoms with van der Waals surface area (Å²) in [7, 11) is 0. The Kier molecular flexibility index (Phi) is 5.35. The number of thioether (sulfide) groups is 2. The molecular formula is C18H18N4OS2. The Balaban J connectivity index is 2.03. The number of hydrogen-bond donors (Lipinski definition) is 2. The lowest BCUT2D eigenvalue weighted by atomic mass is 10.3. The highest BCUT2D eigenvalue weighted by molar-refractivity contribution is 7.98. The van der Waals surface area contributed by atoms with Crippen molar-refractivity contribution in [3.63, 3.8) is 0 Å². The second-order valence-corrected chi connectivity index (χ2v) is 6.99. The van der Waals surface area contributed by atoms with Gasteiger partial charge >= 0.3 is 0 Å². The Labute approximate surface area is 154 Å². The van der Waals surface area contributed by atoms with E-state index < -0.39 is 0 Å². The largest absolute Gasteiger partial charge is 0.385 e. The molecule has 0 unspecified atom stereocenters. The monoisotopic (exact) mass is 370 g/mol. The van der Waals surface area contributed by atoms with Gasteiger partial charge in [0.05, 0.1) is 5.69 Å². The maximum Gasteiger partial charge on any atom is 0.276 e. The molecule has 0 saturated heterocycles. The van der Waals surface area contributed by atoms with Gasteiger partial charge < -0.3 is 11.1 Å². The minimum atomic E-state index is -0.377. The van der Waals surface area contributed by atoms with Crippen LogP contribution in [0.1, 0.15) is 0 Å². The third kappa shape index (κ3) is 4.00. The highest BCUT2D eigenvalue weighted by Crippen LogP contribution is 2.24. The minimum Gasteiger partial charge on any atom is -0.385 e. The Morgan fingerprint density at radius 2 is 1.52 bits per heavy atom. The third-order valence-electron chi connectivity index (χ3n) is 3.63.